The number of aryl methyl sites for hydroxylation is 1. The number of benzene rings is 2. The number of likely N-dealkylation sites (N-methyl/N-ethyl adjacent to an activating group) is 1. The van der Waals surface area contributed by atoms with Gasteiger partial charge in [-0.2, -0.15) is 13.2 Å². The largest absolute Gasteiger partial charge is 0.416 e. The normalized spacial score (nSPS) is 18.0. The Labute approximate surface area is 255 Å². The number of hydrazine groups is 2. The molecule has 44 heavy (non-hydrogen) atoms. The number of pyridine rings is 1. The number of amides is 1. The average Bonchev–Trinajstić information content (AvgIpc) is 3.70. The van der Waals surface area contributed by atoms with Crippen molar-refractivity contribution in [3.63, 3.8) is 0 Å². The zero-order chi connectivity index (χ0) is 30.8. The molecule has 12 heteroatoms. The zero-order valence-corrected chi connectivity index (χ0v) is 24.9. The maximum absolute atomic E-state index is 13.7. The van der Waals surface area contributed by atoms with Gasteiger partial charge in [0.15, 0.2) is 0 Å². The first kappa shape index (κ1) is 29.9. The molecule has 0 atom stereocenters. The molecule has 2 fully saturated rings. The molecular weight excluding hydrogens is 569 g/mol. The third-order valence-electron chi connectivity index (χ3n) is 8.39. The van der Waals surface area contributed by atoms with Crippen molar-refractivity contribution in [2.75, 3.05) is 61.5 Å². The second-order valence-corrected chi connectivity index (χ2v) is 11.7. The smallest absolute Gasteiger partial charge is 0.368 e. The minimum Gasteiger partial charge on any atom is -0.368 e. The van der Waals surface area contributed by atoms with Crippen molar-refractivity contribution in [1.29, 1.82) is 0 Å². The third kappa shape index (κ3) is 6.82. The Morgan fingerprint density at radius 2 is 1.75 bits per heavy atom. The first-order valence-corrected chi connectivity index (χ1v) is 14.9. The van der Waals surface area contributed by atoms with Gasteiger partial charge in [-0.3, -0.25) is 19.7 Å². The molecule has 2 saturated heterocycles. The van der Waals surface area contributed by atoms with Crippen molar-refractivity contribution in [2.45, 2.75) is 32.5 Å². The Kier molecular flexibility index (Phi) is 8.48. The Balaban J connectivity index is 1.19. The molecule has 0 unspecified atom stereocenters. The fraction of sp³-hybridized carbons (Fsp3) is 0.375. The number of nitrogens with zero attached hydrogens (tertiary/aromatic N) is 5. The SMILES string of the molecule is Cc1ccc(C(=O)Nc2cc(CN3CCCC3)cc(C(F)(F)F)c2)cc1N1C=C(c2cncc(N3CCN(C)CC3)c2)NN1. The van der Waals surface area contributed by atoms with E-state index in [2.05, 4.69) is 49.1 Å². The number of halogens is 3. The van der Waals surface area contributed by atoms with E-state index in [-0.39, 0.29) is 5.69 Å². The lowest BCUT2D eigenvalue weighted by molar-refractivity contribution is -0.137. The molecule has 1 amide bonds. The van der Waals surface area contributed by atoms with Gasteiger partial charge in [-0.25, -0.2) is 0 Å². The van der Waals surface area contributed by atoms with Crippen LogP contribution >= 0.6 is 0 Å². The van der Waals surface area contributed by atoms with E-state index in [0.717, 1.165) is 86.4 Å². The molecule has 3 aromatic rings. The summed E-state index contributed by atoms with van der Waals surface area (Å²) in [4.78, 5) is 24.5. The Bertz CT molecular complexity index is 1540. The van der Waals surface area contributed by atoms with Crippen LogP contribution in [0.4, 0.5) is 30.2 Å². The van der Waals surface area contributed by atoms with Crippen LogP contribution in [0.3, 0.4) is 0 Å². The predicted octanol–water partition coefficient (Wildman–Crippen LogP) is 4.84. The Hall–Kier alpha value is -4.13. The van der Waals surface area contributed by atoms with Crippen LogP contribution < -0.4 is 26.2 Å². The molecule has 232 valence electrons. The molecule has 9 nitrogen and oxygen atoms in total. The molecule has 0 saturated carbocycles. The summed E-state index contributed by atoms with van der Waals surface area (Å²) in [6.07, 6.45) is 3.13. The van der Waals surface area contributed by atoms with Crippen LogP contribution in [0.15, 0.2) is 61.1 Å². The maximum Gasteiger partial charge on any atom is 0.416 e. The van der Waals surface area contributed by atoms with Crippen LogP contribution in [0, 0.1) is 6.92 Å². The van der Waals surface area contributed by atoms with Gasteiger partial charge in [0.1, 0.15) is 0 Å². The summed E-state index contributed by atoms with van der Waals surface area (Å²) in [6, 6.07) is 11.1. The van der Waals surface area contributed by atoms with Gasteiger partial charge in [-0.05, 0) is 87.4 Å². The number of carbonyl (C=O) groups is 1. The van der Waals surface area contributed by atoms with Gasteiger partial charge in [-0.15, -0.1) is 5.53 Å². The lowest BCUT2D eigenvalue weighted by atomic mass is 10.1. The van der Waals surface area contributed by atoms with Gasteiger partial charge in [0.2, 0.25) is 0 Å². The standard InChI is InChI=1S/C32H37F3N8O/c1-22-5-6-24(31(44)37-27-14-23(20-41-7-3-4-8-41)13-26(17-27)32(33,34)35)16-30(22)43-21-29(38-39-43)25-15-28(19-36-18-25)42-11-9-40(2)10-12-42/h5-6,13-19,21,38-39H,3-4,7-12,20H2,1-2H3,(H,37,44). The van der Waals surface area contributed by atoms with E-state index in [0.29, 0.717) is 17.7 Å². The molecule has 2 aromatic carbocycles. The van der Waals surface area contributed by atoms with Gasteiger partial charge in [-0.1, -0.05) is 6.07 Å². The highest BCUT2D eigenvalue weighted by molar-refractivity contribution is 6.05. The summed E-state index contributed by atoms with van der Waals surface area (Å²) in [5.41, 5.74) is 10.9. The van der Waals surface area contributed by atoms with Crippen LogP contribution in [0.25, 0.3) is 5.70 Å². The van der Waals surface area contributed by atoms with E-state index in [4.69, 9.17) is 0 Å². The van der Waals surface area contributed by atoms with Gasteiger partial charge in [0.25, 0.3) is 5.91 Å². The number of likely N-dealkylation sites (tertiary alicyclic amines) is 1. The van der Waals surface area contributed by atoms with Gasteiger partial charge < -0.3 is 20.5 Å². The lowest BCUT2D eigenvalue weighted by Gasteiger charge is -2.33. The summed E-state index contributed by atoms with van der Waals surface area (Å²) < 4.78 is 41.2. The number of nitrogens with one attached hydrogen (secondary N) is 3. The number of carbonyl (C=O) groups excluding carboxylic acids is 1. The molecule has 6 rings (SSSR count). The highest BCUT2D eigenvalue weighted by atomic mass is 19.4. The first-order valence-electron chi connectivity index (χ1n) is 14.9. The van der Waals surface area contributed by atoms with Crippen LogP contribution in [0.2, 0.25) is 0 Å². The highest BCUT2D eigenvalue weighted by Gasteiger charge is 2.32. The van der Waals surface area contributed by atoms with E-state index in [1.807, 2.05) is 25.4 Å². The van der Waals surface area contributed by atoms with E-state index < -0.39 is 17.6 Å². The van der Waals surface area contributed by atoms with E-state index in [1.165, 1.54) is 6.07 Å². The quantitative estimate of drug-likeness (QED) is 0.353. The zero-order valence-electron chi connectivity index (χ0n) is 24.9. The van der Waals surface area contributed by atoms with Crippen LogP contribution in [0.5, 0.6) is 0 Å². The maximum atomic E-state index is 13.7. The third-order valence-corrected chi connectivity index (χ3v) is 8.39. The second-order valence-electron chi connectivity index (χ2n) is 11.7. The number of hydrogen-bond acceptors (Lipinski definition) is 8. The van der Waals surface area contributed by atoms with Crippen molar-refractivity contribution >= 4 is 28.7 Å². The van der Waals surface area contributed by atoms with E-state index in [1.54, 1.807) is 29.4 Å². The molecule has 3 N–H and O–H groups in total. The van der Waals surface area contributed by atoms with Crippen LogP contribution in [-0.4, -0.2) is 67.0 Å². The molecular formula is C32H37F3N8O. The topological polar surface area (TPSA) is 79.0 Å². The van der Waals surface area contributed by atoms with Crippen molar-refractivity contribution in [3.8, 4) is 0 Å². The summed E-state index contributed by atoms with van der Waals surface area (Å²) in [5, 5.41) is 4.48. The fourth-order valence-corrected chi connectivity index (χ4v) is 5.83. The molecule has 3 aliphatic heterocycles. The predicted molar refractivity (Wildman–Crippen MR) is 166 cm³/mol. The average molecular weight is 607 g/mol. The summed E-state index contributed by atoms with van der Waals surface area (Å²) >= 11 is 0. The Morgan fingerprint density at radius 3 is 2.50 bits per heavy atom. The molecule has 1 aromatic heterocycles. The number of rotatable bonds is 7. The van der Waals surface area contributed by atoms with Gasteiger partial charge >= 0.3 is 6.18 Å². The van der Waals surface area contributed by atoms with Crippen LogP contribution in [-0.2, 0) is 12.7 Å². The van der Waals surface area contributed by atoms with E-state index in [9.17, 15) is 18.0 Å². The number of alkyl halides is 3. The minimum absolute atomic E-state index is 0.122. The minimum atomic E-state index is -4.52. The van der Waals surface area contributed by atoms with Gasteiger partial charge in [0.05, 0.1) is 28.8 Å². The summed E-state index contributed by atoms with van der Waals surface area (Å²) in [6.45, 7) is 7.93. The number of hydrogen-bond donors (Lipinski definition) is 3. The highest BCUT2D eigenvalue weighted by Crippen LogP contribution is 2.33. The number of aromatic nitrogens is 1. The summed E-state index contributed by atoms with van der Waals surface area (Å²) in [5.74, 6) is -0.488. The van der Waals surface area contributed by atoms with E-state index >= 15 is 0 Å². The van der Waals surface area contributed by atoms with Crippen LogP contribution in [0.1, 0.15) is 45.5 Å². The first-order chi connectivity index (χ1) is 21.1. The lowest BCUT2D eigenvalue weighted by Crippen LogP contribution is -2.44. The molecule has 0 aliphatic carbocycles. The van der Waals surface area contributed by atoms with Crippen molar-refractivity contribution in [2.24, 2.45) is 0 Å². The van der Waals surface area contributed by atoms with Crippen molar-refractivity contribution in [3.05, 3.63) is 88.9 Å². The summed E-state index contributed by atoms with van der Waals surface area (Å²) in [7, 11) is 2.12. The monoisotopic (exact) mass is 606 g/mol. The van der Waals surface area contributed by atoms with Crippen molar-refractivity contribution < 1.29 is 18.0 Å². The number of piperazine rings is 1. The second kappa shape index (κ2) is 12.5. The van der Waals surface area contributed by atoms with Gasteiger partial charge in [0, 0.05) is 61.9 Å². The van der Waals surface area contributed by atoms with Crippen molar-refractivity contribution in [1.82, 2.24) is 25.7 Å². The Morgan fingerprint density at radius 1 is 0.977 bits per heavy atom. The molecule has 3 aliphatic rings. The molecule has 0 bridgehead atoms. The molecule has 4 heterocycles. The molecule has 0 radical (unpaired) electrons. The molecule has 0 spiro atoms. The number of anilines is 3. The fourth-order valence-electron chi connectivity index (χ4n) is 5.83.